The van der Waals surface area contributed by atoms with Crippen molar-refractivity contribution in [3.63, 3.8) is 0 Å². The van der Waals surface area contributed by atoms with Crippen LogP contribution in [0.15, 0.2) is 48.7 Å². The number of thiocarbonyl (C=S) groups is 2. The number of nitrogens with zero attached hydrogens (tertiary/aromatic N) is 6. The molecule has 1 aromatic carbocycles. The fraction of sp³-hybridized carbons (Fsp3) is 0.105. The van der Waals surface area contributed by atoms with Crippen LogP contribution in [0.25, 0.3) is 38.4 Å². The van der Waals surface area contributed by atoms with Gasteiger partial charge in [0.15, 0.2) is 5.82 Å². The molecule has 0 spiro atoms. The summed E-state index contributed by atoms with van der Waals surface area (Å²) in [5.41, 5.74) is 3.91. The molecule has 0 unspecified atom stereocenters. The van der Waals surface area contributed by atoms with Crippen LogP contribution in [0.3, 0.4) is 0 Å². The van der Waals surface area contributed by atoms with Crippen molar-refractivity contribution in [1.29, 1.82) is 0 Å². The van der Waals surface area contributed by atoms with E-state index in [1.54, 1.807) is 6.20 Å². The maximum atomic E-state index is 7.13. The van der Waals surface area contributed by atoms with E-state index in [1.807, 2.05) is 36.7 Å². The average molecular weight is 503 g/mol. The van der Waals surface area contributed by atoms with Gasteiger partial charge in [-0.15, -0.1) is 0 Å². The maximum Gasteiger partial charge on any atom is 2.00 e. The van der Waals surface area contributed by atoms with Gasteiger partial charge < -0.3 is 10.8 Å². The quantitative estimate of drug-likeness (QED) is 0.160. The largest absolute Gasteiger partial charge is 2.00 e. The van der Waals surface area contributed by atoms with Crippen LogP contribution in [0.2, 0.25) is 0 Å². The zero-order chi connectivity index (χ0) is 19.8. The number of pyridine rings is 2. The zero-order valence-corrected chi connectivity index (χ0v) is 21.0. The van der Waals surface area contributed by atoms with Crippen molar-refractivity contribution in [2.75, 3.05) is 0 Å². The predicted octanol–water partition coefficient (Wildman–Crippen LogP) is 4.90. The number of aromatic nitrogens is 4. The molecule has 4 rings (SSSR count). The van der Waals surface area contributed by atoms with Crippen LogP contribution >= 0.6 is 24.4 Å². The topological polar surface area (TPSA) is 88.2 Å². The molecule has 0 fully saturated rings. The average Bonchev–Trinajstić information content (AvgIpc) is 3.01. The first-order chi connectivity index (χ1) is 13.0. The van der Waals surface area contributed by atoms with Crippen LogP contribution in [0.5, 0.6) is 0 Å². The maximum absolute atomic E-state index is 7.13. The Balaban J connectivity index is 0.000000502. The van der Waals surface area contributed by atoms with Crippen LogP contribution in [0, 0.1) is 13.8 Å². The van der Waals surface area contributed by atoms with E-state index in [4.69, 9.17) is 15.8 Å². The van der Waals surface area contributed by atoms with E-state index in [-0.39, 0.29) is 27.3 Å². The second kappa shape index (κ2) is 11.6. The van der Waals surface area contributed by atoms with Crippen molar-refractivity contribution >= 4 is 56.6 Å². The van der Waals surface area contributed by atoms with Gasteiger partial charge in [0.2, 0.25) is 0 Å². The molecule has 0 radical (unpaired) electrons. The molecule has 0 saturated carbocycles. The van der Waals surface area contributed by atoms with Crippen LogP contribution < -0.4 is 0 Å². The molecule has 3 aromatic heterocycles. The Morgan fingerprint density at radius 1 is 0.929 bits per heavy atom. The minimum Gasteiger partial charge on any atom is -0.753 e. The van der Waals surface area contributed by atoms with Gasteiger partial charge in [0.1, 0.15) is 0 Å². The molecule has 9 heteroatoms. The summed E-state index contributed by atoms with van der Waals surface area (Å²) >= 11 is 7.40. The normalized spacial score (nSPS) is 9.07. The number of fused-ring (bicyclic) bond motifs is 3. The molecule has 4 aromatic rings. The molecule has 3 heterocycles. The smallest absolute Gasteiger partial charge is 0.753 e. The van der Waals surface area contributed by atoms with Gasteiger partial charge in [-0.2, -0.15) is 15.4 Å². The van der Waals surface area contributed by atoms with E-state index >= 15 is 0 Å². The fourth-order valence-corrected chi connectivity index (χ4v) is 2.69. The monoisotopic (exact) mass is 504 g/mol. The van der Waals surface area contributed by atoms with E-state index in [0.717, 1.165) is 39.0 Å². The molecule has 0 saturated heterocycles. The van der Waals surface area contributed by atoms with Crippen molar-refractivity contribution in [2.45, 2.75) is 13.8 Å². The fourth-order valence-electron chi connectivity index (χ4n) is 2.69. The van der Waals surface area contributed by atoms with Crippen LogP contribution in [0.1, 0.15) is 11.4 Å². The predicted molar refractivity (Wildman–Crippen MR) is 116 cm³/mol. The first kappa shape index (κ1) is 23.8. The Labute approximate surface area is 193 Å². The first-order valence-corrected chi connectivity index (χ1v) is 8.58. The van der Waals surface area contributed by atoms with E-state index in [9.17, 15) is 0 Å². The van der Waals surface area contributed by atoms with Crippen LogP contribution in [-0.2, 0) is 27.3 Å². The number of rotatable bonds is 1. The van der Waals surface area contributed by atoms with Crippen molar-refractivity contribution in [2.24, 2.45) is 0 Å². The summed E-state index contributed by atoms with van der Waals surface area (Å²) in [6.45, 7) is 4.02. The Kier molecular flexibility index (Phi) is 9.85. The summed E-state index contributed by atoms with van der Waals surface area (Å²) in [5, 5.41) is 23.6. The molecule has 28 heavy (non-hydrogen) atoms. The zero-order valence-electron chi connectivity index (χ0n) is 15.3. The summed E-state index contributed by atoms with van der Waals surface area (Å²) in [6.07, 6.45) is 1.80. The van der Waals surface area contributed by atoms with Crippen LogP contribution in [-0.4, -0.2) is 30.1 Å². The van der Waals surface area contributed by atoms with Gasteiger partial charge in [-0.1, -0.05) is 42.6 Å². The molecular weight excluding hydrogens is 489 g/mol. The van der Waals surface area contributed by atoms with Crippen molar-refractivity contribution < 1.29 is 27.3 Å². The summed E-state index contributed by atoms with van der Waals surface area (Å²) in [4.78, 5) is 9.27. The van der Waals surface area contributed by atoms with Gasteiger partial charge >= 0.3 is 27.3 Å². The number of benzene rings is 1. The summed E-state index contributed by atoms with van der Waals surface area (Å²) in [6, 6.07) is 14.3. The minimum absolute atomic E-state index is 0. The third kappa shape index (κ3) is 5.64. The van der Waals surface area contributed by atoms with Crippen molar-refractivity contribution in [3.8, 4) is 5.82 Å². The molecule has 134 valence electrons. The number of isothiocyanates is 2. The Bertz CT molecular complexity index is 1150. The van der Waals surface area contributed by atoms with E-state index in [2.05, 4.69) is 58.8 Å². The second-order valence-corrected chi connectivity index (χ2v) is 5.77. The molecule has 0 bridgehead atoms. The number of hydrogen-bond donors (Lipinski definition) is 0. The number of aryl methyl sites for hydroxylation is 2. The molecule has 6 nitrogen and oxygen atoms in total. The summed E-state index contributed by atoms with van der Waals surface area (Å²) in [5.74, 6) is 0.825. The third-order valence-corrected chi connectivity index (χ3v) is 3.64. The molecule has 0 aliphatic rings. The summed E-state index contributed by atoms with van der Waals surface area (Å²) in [7, 11) is 0. The van der Waals surface area contributed by atoms with Gasteiger partial charge in [0, 0.05) is 22.7 Å². The van der Waals surface area contributed by atoms with E-state index < -0.39 is 0 Å². The van der Waals surface area contributed by atoms with Gasteiger partial charge in [-0.05, 0) is 38.1 Å². The van der Waals surface area contributed by atoms with Crippen molar-refractivity contribution in [1.82, 2.24) is 19.7 Å². The van der Waals surface area contributed by atoms with Gasteiger partial charge in [0.25, 0.3) is 0 Å². The SMILES string of the molecule is Cc1cc(C)n(-c2ccc3ccc4cccnc4c3n2)n1.[Cd+2].[N-]=C=S.[N-]=C=S. The Morgan fingerprint density at radius 3 is 2.07 bits per heavy atom. The molecule has 0 amide bonds. The van der Waals surface area contributed by atoms with Gasteiger partial charge in [-0.25, -0.2) is 9.67 Å². The molecule has 0 atom stereocenters. The van der Waals surface area contributed by atoms with Crippen molar-refractivity contribution in [3.05, 3.63) is 70.9 Å². The third-order valence-electron chi connectivity index (χ3n) is 3.64. The minimum atomic E-state index is 0. The Morgan fingerprint density at radius 2 is 1.50 bits per heavy atom. The molecule has 0 aliphatic heterocycles. The summed E-state index contributed by atoms with van der Waals surface area (Å²) < 4.78 is 1.87. The van der Waals surface area contributed by atoms with E-state index in [0.29, 0.717) is 0 Å². The Hall–Kier alpha value is -2.23. The second-order valence-electron chi connectivity index (χ2n) is 5.40. The molecule has 0 N–H and O–H groups in total. The van der Waals surface area contributed by atoms with Crippen LogP contribution in [0.4, 0.5) is 0 Å². The van der Waals surface area contributed by atoms with Gasteiger partial charge in [-0.3, -0.25) is 4.98 Å². The molecular formula is C19H14CdN6S2. The number of hydrogen-bond acceptors (Lipinski definition) is 5. The van der Waals surface area contributed by atoms with E-state index in [1.165, 1.54) is 10.3 Å². The first-order valence-electron chi connectivity index (χ1n) is 7.76. The molecule has 0 aliphatic carbocycles. The standard InChI is InChI=1S/C17H14N4.2CNS.Cd/c1-11-10-12(2)21(20-11)15-8-7-14-6-5-13-4-3-9-18-16(13)17(14)19-15;2*2-1-3;/h3-10H,1-2H3;;;/q;2*-1;+2. The van der Waals surface area contributed by atoms with Gasteiger partial charge in [0.05, 0.1) is 16.7 Å².